The third-order valence-corrected chi connectivity index (χ3v) is 5.16. The fourth-order valence-electron chi connectivity index (χ4n) is 3.75. The predicted octanol–water partition coefficient (Wildman–Crippen LogP) is 4.79. The zero-order valence-electron chi connectivity index (χ0n) is 15.8. The van der Waals surface area contributed by atoms with E-state index in [2.05, 4.69) is 25.3 Å². The lowest BCUT2D eigenvalue weighted by Crippen LogP contribution is -2.34. The van der Waals surface area contributed by atoms with E-state index in [-0.39, 0.29) is 22.9 Å². The summed E-state index contributed by atoms with van der Waals surface area (Å²) in [4.78, 5) is 19.5. The Morgan fingerprint density at radius 1 is 1.13 bits per heavy atom. The maximum absolute atomic E-state index is 13.6. The summed E-state index contributed by atoms with van der Waals surface area (Å²) in [7, 11) is 0. The van der Waals surface area contributed by atoms with E-state index in [1.54, 1.807) is 0 Å². The summed E-state index contributed by atoms with van der Waals surface area (Å²) in [5.41, 5.74) is -2.03. The van der Waals surface area contributed by atoms with Crippen LogP contribution in [0.4, 0.5) is 37.0 Å². The van der Waals surface area contributed by atoms with Crippen molar-refractivity contribution >= 4 is 11.9 Å². The van der Waals surface area contributed by atoms with Crippen LogP contribution in [-0.2, 0) is 10.9 Å². The standard InChI is InChI=1S/C19H16F6N4O2/c20-18(21,22)10-6-12(9-2-1-4-26-8-9)28-13(7-10)11-3-5-27-16-14(11)15(19(23,24)25)31-17(30)29-16/h3,5-7,9,15,26H,1-2,4,8H2,(H,27,29,30)/t9?,15-/m1/s1. The lowest BCUT2D eigenvalue weighted by molar-refractivity contribution is -0.206. The number of alkyl halides is 6. The highest BCUT2D eigenvalue weighted by Gasteiger charge is 2.49. The van der Waals surface area contributed by atoms with Gasteiger partial charge in [-0.1, -0.05) is 0 Å². The van der Waals surface area contributed by atoms with Crippen molar-refractivity contribution in [3.63, 3.8) is 0 Å². The minimum atomic E-state index is -5.00. The molecule has 2 N–H and O–H groups in total. The Labute approximate surface area is 172 Å². The molecule has 0 spiro atoms. The molecule has 4 rings (SSSR count). The summed E-state index contributed by atoms with van der Waals surface area (Å²) in [6.45, 7) is 1.14. The number of ether oxygens (including phenoxy) is 1. The number of halogens is 6. The van der Waals surface area contributed by atoms with E-state index >= 15 is 0 Å². The zero-order chi connectivity index (χ0) is 22.4. The molecule has 6 nitrogen and oxygen atoms in total. The van der Waals surface area contributed by atoms with Crippen LogP contribution in [0.2, 0.25) is 0 Å². The van der Waals surface area contributed by atoms with E-state index in [0.717, 1.165) is 31.3 Å². The number of anilines is 1. The maximum Gasteiger partial charge on any atom is 0.430 e. The second-order valence-corrected chi connectivity index (χ2v) is 7.28. The van der Waals surface area contributed by atoms with Gasteiger partial charge in [0.25, 0.3) is 0 Å². The van der Waals surface area contributed by atoms with Gasteiger partial charge in [0.15, 0.2) is 0 Å². The van der Waals surface area contributed by atoms with Crippen LogP contribution in [0.1, 0.15) is 41.7 Å². The second kappa shape index (κ2) is 7.66. The summed E-state index contributed by atoms with van der Waals surface area (Å²) in [5.74, 6) is -0.752. The van der Waals surface area contributed by atoms with Crippen LogP contribution in [-0.4, -0.2) is 35.3 Å². The second-order valence-electron chi connectivity index (χ2n) is 7.28. The number of cyclic esters (lactones) is 1. The van der Waals surface area contributed by atoms with Crippen molar-refractivity contribution in [1.29, 1.82) is 0 Å². The van der Waals surface area contributed by atoms with Gasteiger partial charge < -0.3 is 10.1 Å². The molecule has 0 radical (unpaired) electrons. The van der Waals surface area contributed by atoms with Crippen molar-refractivity contribution in [2.24, 2.45) is 0 Å². The van der Waals surface area contributed by atoms with Gasteiger partial charge in [-0.15, -0.1) is 0 Å². The highest BCUT2D eigenvalue weighted by atomic mass is 19.4. The molecule has 1 unspecified atom stereocenters. The Morgan fingerprint density at radius 2 is 1.90 bits per heavy atom. The minimum Gasteiger partial charge on any atom is -0.431 e. The van der Waals surface area contributed by atoms with Crippen LogP contribution in [0.3, 0.4) is 0 Å². The van der Waals surface area contributed by atoms with Gasteiger partial charge in [0, 0.05) is 29.9 Å². The Bertz CT molecular complexity index is 1000. The highest BCUT2D eigenvalue weighted by molar-refractivity contribution is 5.89. The molecule has 2 aromatic heterocycles. The molecule has 12 heteroatoms. The normalized spacial score (nSPS) is 21.8. The number of hydrogen-bond donors (Lipinski definition) is 2. The monoisotopic (exact) mass is 446 g/mol. The van der Waals surface area contributed by atoms with Crippen LogP contribution in [0.5, 0.6) is 0 Å². The first-order chi connectivity index (χ1) is 14.5. The molecule has 1 fully saturated rings. The Kier molecular flexibility index (Phi) is 5.28. The number of piperidine rings is 1. The first kappa shape index (κ1) is 21.3. The van der Waals surface area contributed by atoms with Gasteiger partial charge >= 0.3 is 18.4 Å². The average molecular weight is 446 g/mol. The van der Waals surface area contributed by atoms with Gasteiger partial charge in [0.1, 0.15) is 5.82 Å². The highest BCUT2D eigenvalue weighted by Crippen LogP contribution is 2.46. The van der Waals surface area contributed by atoms with Crippen molar-refractivity contribution in [1.82, 2.24) is 15.3 Å². The van der Waals surface area contributed by atoms with Gasteiger partial charge in [-0.2, -0.15) is 26.3 Å². The van der Waals surface area contributed by atoms with E-state index in [1.807, 2.05) is 0 Å². The van der Waals surface area contributed by atoms with Gasteiger partial charge in [-0.05, 0) is 37.6 Å². The smallest absolute Gasteiger partial charge is 0.430 e. The Hall–Kier alpha value is -2.89. The largest absolute Gasteiger partial charge is 0.431 e. The van der Waals surface area contributed by atoms with Crippen molar-refractivity contribution in [2.75, 3.05) is 18.4 Å². The van der Waals surface area contributed by atoms with Crippen molar-refractivity contribution in [2.45, 2.75) is 37.2 Å². The number of fused-ring (bicyclic) bond motifs is 1. The van der Waals surface area contributed by atoms with Crippen LogP contribution in [0.15, 0.2) is 24.4 Å². The molecule has 0 aromatic carbocycles. The first-order valence-electron chi connectivity index (χ1n) is 9.37. The van der Waals surface area contributed by atoms with Crippen LogP contribution in [0.25, 0.3) is 11.3 Å². The fraction of sp³-hybridized carbons (Fsp3) is 0.421. The third-order valence-electron chi connectivity index (χ3n) is 5.16. The van der Waals surface area contributed by atoms with E-state index in [1.165, 1.54) is 0 Å². The molecule has 1 amide bonds. The summed E-state index contributed by atoms with van der Waals surface area (Å²) in [6, 6.07) is 2.75. The minimum absolute atomic E-state index is 0.131. The zero-order valence-corrected chi connectivity index (χ0v) is 15.8. The number of carbonyl (C=O) groups is 1. The summed E-state index contributed by atoms with van der Waals surface area (Å²) < 4.78 is 85.9. The molecule has 4 heterocycles. The van der Waals surface area contributed by atoms with Crippen LogP contribution >= 0.6 is 0 Å². The quantitative estimate of drug-likeness (QED) is 0.649. The average Bonchev–Trinajstić information content (AvgIpc) is 2.71. The maximum atomic E-state index is 13.6. The van der Waals surface area contributed by atoms with Crippen LogP contribution < -0.4 is 10.6 Å². The molecule has 0 bridgehead atoms. The van der Waals surface area contributed by atoms with Gasteiger partial charge in [-0.3, -0.25) is 10.3 Å². The molecule has 2 aliphatic heterocycles. The lowest BCUT2D eigenvalue weighted by Gasteiger charge is -2.29. The number of amides is 1. The SMILES string of the molecule is O=C1Nc2nccc(-c3cc(C(F)(F)F)cc(C4CCCNC4)n3)c2[C@H](C(F)(F)F)O1. The number of nitrogens with zero attached hydrogens (tertiary/aromatic N) is 2. The molecule has 2 atom stereocenters. The third kappa shape index (κ3) is 4.29. The molecule has 1 saturated heterocycles. The van der Waals surface area contributed by atoms with E-state index < -0.39 is 41.5 Å². The van der Waals surface area contributed by atoms with Crippen molar-refractivity contribution in [3.8, 4) is 11.3 Å². The molecule has 2 aromatic rings. The summed E-state index contributed by atoms with van der Waals surface area (Å²) in [6.07, 6.45) is -11.3. The van der Waals surface area contributed by atoms with Crippen molar-refractivity contribution in [3.05, 3.63) is 41.2 Å². The van der Waals surface area contributed by atoms with E-state index in [4.69, 9.17) is 0 Å². The molecule has 2 aliphatic rings. The fourth-order valence-corrected chi connectivity index (χ4v) is 3.75. The van der Waals surface area contributed by atoms with Crippen LogP contribution in [0, 0.1) is 0 Å². The number of nitrogens with one attached hydrogen (secondary N) is 2. The molecule has 31 heavy (non-hydrogen) atoms. The van der Waals surface area contributed by atoms with Gasteiger partial charge in [0.05, 0.1) is 16.8 Å². The number of aromatic nitrogens is 2. The van der Waals surface area contributed by atoms with Crippen molar-refractivity contribution < 1.29 is 35.9 Å². The van der Waals surface area contributed by atoms with Gasteiger partial charge in [0.2, 0.25) is 6.10 Å². The number of pyridine rings is 2. The molecular weight excluding hydrogens is 430 g/mol. The number of hydrogen-bond acceptors (Lipinski definition) is 5. The van der Waals surface area contributed by atoms with E-state index in [9.17, 15) is 31.1 Å². The predicted molar refractivity (Wildman–Crippen MR) is 96.2 cm³/mol. The lowest BCUT2D eigenvalue weighted by atomic mass is 9.93. The summed E-state index contributed by atoms with van der Waals surface area (Å²) in [5, 5.41) is 5.15. The number of carbonyl (C=O) groups excluding carboxylic acids is 1. The Morgan fingerprint density at radius 3 is 2.55 bits per heavy atom. The van der Waals surface area contributed by atoms with Gasteiger partial charge in [-0.25, -0.2) is 9.78 Å². The molecular formula is C19H16F6N4O2. The summed E-state index contributed by atoms with van der Waals surface area (Å²) >= 11 is 0. The molecule has 166 valence electrons. The van der Waals surface area contributed by atoms with E-state index in [0.29, 0.717) is 19.0 Å². The topological polar surface area (TPSA) is 76.1 Å². The molecule has 0 saturated carbocycles. The number of rotatable bonds is 2. The first-order valence-corrected chi connectivity index (χ1v) is 9.37. The Balaban J connectivity index is 1.90. The molecule has 0 aliphatic carbocycles.